The minimum Gasteiger partial charge on any atom is -0.207 e. The average molecular weight is 303 g/mol. The second-order valence-electron chi connectivity index (χ2n) is 5.43. The fourth-order valence-electron chi connectivity index (χ4n) is 2.57. The first-order chi connectivity index (χ1) is 9.94. The minimum atomic E-state index is -3.50. The summed E-state index contributed by atoms with van der Waals surface area (Å²) in [5, 5.41) is 0. The van der Waals surface area contributed by atoms with Crippen molar-refractivity contribution in [2.75, 3.05) is 7.05 Å². The molecule has 2 aromatic rings. The van der Waals surface area contributed by atoms with Gasteiger partial charge in [-0.1, -0.05) is 62.4 Å². The third-order valence-electron chi connectivity index (χ3n) is 3.58. The van der Waals surface area contributed by atoms with Crippen LogP contribution in [0.1, 0.15) is 25.5 Å². The first-order valence-electron chi connectivity index (χ1n) is 7.02. The van der Waals surface area contributed by atoms with Crippen molar-refractivity contribution in [3.8, 4) is 0 Å². The van der Waals surface area contributed by atoms with E-state index in [4.69, 9.17) is 0 Å². The SMILES string of the molecule is CC(C)C(c1ccccc1)N(C)S(=O)(=O)c1ccccc1. The standard InChI is InChI=1S/C17H21NO2S/c1-14(2)17(15-10-6-4-7-11-15)18(3)21(19,20)16-12-8-5-9-13-16/h4-14,17H,1-3H3. The molecule has 0 saturated heterocycles. The molecular formula is C17H21NO2S. The van der Waals surface area contributed by atoms with Gasteiger partial charge in [-0.15, -0.1) is 0 Å². The maximum atomic E-state index is 12.8. The first kappa shape index (κ1) is 15.7. The van der Waals surface area contributed by atoms with Crippen molar-refractivity contribution in [3.05, 3.63) is 66.2 Å². The lowest BCUT2D eigenvalue weighted by Gasteiger charge is -2.31. The van der Waals surface area contributed by atoms with E-state index in [2.05, 4.69) is 0 Å². The Kier molecular flexibility index (Phi) is 4.80. The van der Waals surface area contributed by atoms with E-state index in [1.165, 1.54) is 4.31 Å². The molecule has 0 radical (unpaired) electrons. The fraction of sp³-hybridized carbons (Fsp3) is 0.294. The molecular weight excluding hydrogens is 282 g/mol. The summed E-state index contributed by atoms with van der Waals surface area (Å²) in [6.45, 7) is 4.07. The van der Waals surface area contributed by atoms with Crippen LogP contribution in [0.25, 0.3) is 0 Å². The van der Waals surface area contributed by atoms with E-state index in [0.29, 0.717) is 4.90 Å². The molecule has 0 saturated carbocycles. The smallest absolute Gasteiger partial charge is 0.207 e. The summed E-state index contributed by atoms with van der Waals surface area (Å²) in [5.41, 5.74) is 1.01. The molecule has 0 fully saturated rings. The second kappa shape index (κ2) is 6.41. The molecule has 21 heavy (non-hydrogen) atoms. The van der Waals surface area contributed by atoms with Crippen LogP contribution in [-0.4, -0.2) is 19.8 Å². The van der Waals surface area contributed by atoms with Crippen LogP contribution in [0, 0.1) is 5.92 Å². The number of hydrogen-bond acceptors (Lipinski definition) is 2. The van der Waals surface area contributed by atoms with Crippen LogP contribution < -0.4 is 0 Å². The van der Waals surface area contributed by atoms with Gasteiger partial charge in [-0.05, 0) is 23.6 Å². The maximum Gasteiger partial charge on any atom is 0.243 e. The van der Waals surface area contributed by atoms with Gasteiger partial charge >= 0.3 is 0 Å². The topological polar surface area (TPSA) is 37.4 Å². The summed E-state index contributed by atoms with van der Waals surface area (Å²) in [5.74, 6) is 0.177. The Balaban J connectivity index is 2.42. The number of benzene rings is 2. The largest absolute Gasteiger partial charge is 0.243 e. The lowest BCUT2D eigenvalue weighted by atomic mass is 9.96. The number of rotatable bonds is 5. The summed E-state index contributed by atoms with van der Waals surface area (Å²) in [6, 6.07) is 18.1. The molecule has 0 bridgehead atoms. The van der Waals surface area contributed by atoms with Crippen molar-refractivity contribution in [2.45, 2.75) is 24.8 Å². The normalized spacial score (nSPS) is 13.6. The van der Waals surface area contributed by atoms with E-state index in [-0.39, 0.29) is 12.0 Å². The predicted molar refractivity (Wildman–Crippen MR) is 85.4 cm³/mol. The Bertz CT molecular complexity index is 666. The minimum absolute atomic E-state index is 0.177. The van der Waals surface area contributed by atoms with Gasteiger partial charge < -0.3 is 0 Å². The summed E-state index contributed by atoms with van der Waals surface area (Å²) in [4.78, 5) is 0.328. The highest BCUT2D eigenvalue weighted by molar-refractivity contribution is 7.89. The highest BCUT2D eigenvalue weighted by Crippen LogP contribution is 2.31. The average Bonchev–Trinajstić information content (AvgIpc) is 2.49. The molecule has 0 aliphatic heterocycles. The molecule has 0 N–H and O–H groups in total. The monoisotopic (exact) mass is 303 g/mol. The molecule has 0 amide bonds. The van der Waals surface area contributed by atoms with Crippen LogP contribution in [-0.2, 0) is 10.0 Å². The zero-order chi connectivity index (χ0) is 15.5. The maximum absolute atomic E-state index is 12.8. The van der Waals surface area contributed by atoms with E-state index in [1.54, 1.807) is 31.3 Å². The van der Waals surface area contributed by atoms with E-state index in [9.17, 15) is 8.42 Å². The third-order valence-corrected chi connectivity index (χ3v) is 5.44. The molecule has 4 heteroatoms. The van der Waals surface area contributed by atoms with Crippen molar-refractivity contribution < 1.29 is 8.42 Å². The van der Waals surface area contributed by atoms with Gasteiger partial charge in [0.25, 0.3) is 0 Å². The molecule has 2 aromatic carbocycles. The Morgan fingerprint density at radius 3 is 1.81 bits per heavy atom. The van der Waals surface area contributed by atoms with Gasteiger partial charge in [-0.2, -0.15) is 4.31 Å². The van der Waals surface area contributed by atoms with Crippen molar-refractivity contribution in [2.24, 2.45) is 5.92 Å². The number of nitrogens with zero attached hydrogens (tertiary/aromatic N) is 1. The molecule has 0 aliphatic carbocycles. The van der Waals surface area contributed by atoms with E-state index in [0.717, 1.165) is 5.56 Å². The van der Waals surface area contributed by atoms with Crippen molar-refractivity contribution >= 4 is 10.0 Å². The second-order valence-corrected chi connectivity index (χ2v) is 7.43. The molecule has 1 atom stereocenters. The molecule has 0 aliphatic rings. The van der Waals surface area contributed by atoms with Gasteiger partial charge in [0.1, 0.15) is 0 Å². The van der Waals surface area contributed by atoms with E-state index in [1.807, 2.05) is 50.2 Å². The van der Waals surface area contributed by atoms with Crippen LogP contribution in [0.5, 0.6) is 0 Å². The van der Waals surface area contributed by atoms with Crippen LogP contribution in [0.2, 0.25) is 0 Å². The Hall–Kier alpha value is -1.65. The van der Waals surface area contributed by atoms with Crippen LogP contribution in [0.15, 0.2) is 65.6 Å². The lowest BCUT2D eigenvalue weighted by molar-refractivity contribution is 0.300. The summed E-state index contributed by atoms with van der Waals surface area (Å²) < 4.78 is 27.0. The van der Waals surface area contributed by atoms with Crippen molar-refractivity contribution in [3.63, 3.8) is 0 Å². The number of sulfonamides is 1. The summed E-state index contributed by atoms with van der Waals surface area (Å²) >= 11 is 0. The van der Waals surface area contributed by atoms with Crippen molar-refractivity contribution in [1.82, 2.24) is 4.31 Å². The molecule has 3 nitrogen and oxygen atoms in total. The molecule has 112 valence electrons. The fourth-order valence-corrected chi connectivity index (χ4v) is 4.07. The summed E-state index contributed by atoms with van der Waals surface area (Å²) in [7, 11) is -1.85. The van der Waals surface area contributed by atoms with Gasteiger partial charge in [-0.25, -0.2) is 8.42 Å². The molecule has 2 rings (SSSR count). The molecule has 1 unspecified atom stereocenters. The molecule has 0 spiro atoms. The van der Waals surface area contributed by atoms with Gasteiger partial charge in [0.2, 0.25) is 10.0 Å². The van der Waals surface area contributed by atoms with Crippen LogP contribution in [0.4, 0.5) is 0 Å². The van der Waals surface area contributed by atoms with E-state index < -0.39 is 10.0 Å². The zero-order valence-electron chi connectivity index (χ0n) is 12.6. The van der Waals surface area contributed by atoms with Gasteiger partial charge in [-0.3, -0.25) is 0 Å². The highest BCUT2D eigenvalue weighted by Gasteiger charge is 2.30. The Morgan fingerprint density at radius 2 is 1.33 bits per heavy atom. The Labute approximate surface area is 127 Å². The first-order valence-corrected chi connectivity index (χ1v) is 8.46. The quantitative estimate of drug-likeness (QED) is 0.844. The van der Waals surface area contributed by atoms with E-state index >= 15 is 0 Å². The van der Waals surface area contributed by atoms with Crippen molar-refractivity contribution in [1.29, 1.82) is 0 Å². The zero-order valence-corrected chi connectivity index (χ0v) is 13.4. The predicted octanol–water partition coefficient (Wildman–Crippen LogP) is 3.70. The van der Waals surface area contributed by atoms with Crippen LogP contribution >= 0.6 is 0 Å². The number of hydrogen-bond donors (Lipinski definition) is 0. The van der Waals surface area contributed by atoms with Gasteiger partial charge in [0, 0.05) is 7.05 Å². The molecule has 0 heterocycles. The highest BCUT2D eigenvalue weighted by atomic mass is 32.2. The summed E-state index contributed by atoms with van der Waals surface area (Å²) in [6.07, 6.45) is 0. The third kappa shape index (κ3) is 3.34. The van der Waals surface area contributed by atoms with Gasteiger partial charge in [0.05, 0.1) is 10.9 Å². The van der Waals surface area contributed by atoms with Gasteiger partial charge in [0.15, 0.2) is 0 Å². The lowest BCUT2D eigenvalue weighted by Crippen LogP contribution is -2.34. The molecule has 0 aromatic heterocycles. The van der Waals surface area contributed by atoms with Crippen LogP contribution in [0.3, 0.4) is 0 Å². The Morgan fingerprint density at radius 1 is 0.857 bits per heavy atom.